The maximum Gasteiger partial charge on any atom is 0.0456 e. The van der Waals surface area contributed by atoms with Gasteiger partial charge in [0.1, 0.15) is 0 Å². The van der Waals surface area contributed by atoms with E-state index in [-0.39, 0.29) is 0 Å². The van der Waals surface area contributed by atoms with Crippen LogP contribution in [0.5, 0.6) is 0 Å². The van der Waals surface area contributed by atoms with E-state index in [1.807, 2.05) is 0 Å². The predicted octanol–water partition coefficient (Wildman–Crippen LogP) is 1.81. The summed E-state index contributed by atoms with van der Waals surface area (Å²) in [5.41, 5.74) is 0. The SMILES string of the molecule is C#CCCCCC(C)CO. The smallest absolute Gasteiger partial charge is 0.0456 e. The lowest BCUT2D eigenvalue weighted by molar-refractivity contribution is 0.227. The number of unbranched alkanes of at least 4 members (excludes halogenated alkanes) is 2. The Bertz CT molecular complexity index is 102. The lowest BCUT2D eigenvalue weighted by Gasteiger charge is -2.04. The molecule has 0 aliphatic carbocycles. The average molecular weight is 140 g/mol. The quantitative estimate of drug-likeness (QED) is 0.456. The number of aliphatic hydroxyl groups is 1. The summed E-state index contributed by atoms with van der Waals surface area (Å²) in [4.78, 5) is 0. The zero-order chi connectivity index (χ0) is 7.82. The van der Waals surface area contributed by atoms with Gasteiger partial charge in [0.15, 0.2) is 0 Å². The van der Waals surface area contributed by atoms with Gasteiger partial charge >= 0.3 is 0 Å². The molecule has 0 fully saturated rings. The monoisotopic (exact) mass is 140 g/mol. The lowest BCUT2D eigenvalue weighted by atomic mass is 10.0. The van der Waals surface area contributed by atoms with E-state index in [4.69, 9.17) is 11.5 Å². The minimum atomic E-state index is 0.302. The minimum absolute atomic E-state index is 0.302. The minimum Gasteiger partial charge on any atom is -0.396 e. The molecule has 0 aromatic heterocycles. The highest BCUT2D eigenvalue weighted by molar-refractivity contribution is 4.82. The van der Waals surface area contributed by atoms with E-state index in [0.717, 1.165) is 25.7 Å². The van der Waals surface area contributed by atoms with Gasteiger partial charge in [0.25, 0.3) is 0 Å². The Morgan fingerprint density at radius 3 is 2.70 bits per heavy atom. The molecule has 0 heterocycles. The third-order valence-corrected chi connectivity index (χ3v) is 1.58. The summed E-state index contributed by atoms with van der Waals surface area (Å²) in [5, 5.41) is 8.65. The van der Waals surface area contributed by atoms with Gasteiger partial charge in [-0.25, -0.2) is 0 Å². The van der Waals surface area contributed by atoms with Crippen LogP contribution in [0.25, 0.3) is 0 Å². The Balaban J connectivity index is 2.98. The van der Waals surface area contributed by atoms with Crippen LogP contribution >= 0.6 is 0 Å². The van der Waals surface area contributed by atoms with Crippen LogP contribution in [0.15, 0.2) is 0 Å². The first-order valence-electron chi connectivity index (χ1n) is 3.85. The van der Waals surface area contributed by atoms with E-state index in [1.165, 1.54) is 0 Å². The predicted molar refractivity (Wildman–Crippen MR) is 43.6 cm³/mol. The van der Waals surface area contributed by atoms with Crippen LogP contribution in [0.4, 0.5) is 0 Å². The van der Waals surface area contributed by atoms with E-state index < -0.39 is 0 Å². The standard InChI is InChI=1S/C9H16O/c1-3-4-5-6-7-9(2)8-10/h1,9-10H,4-8H2,2H3. The van der Waals surface area contributed by atoms with Crippen molar-refractivity contribution in [1.29, 1.82) is 0 Å². The number of hydrogen-bond acceptors (Lipinski definition) is 1. The first-order chi connectivity index (χ1) is 4.81. The molecule has 0 radical (unpaired) electrons. The molecule has 0 bridgehead atoms. The Hall–Kier alpha value is -0.480. The molecule has 0 aliphatic rings. The van der Waals surface area contributed by atoms with Gasteiger partial charge in [0.05, 0.1) is 0 Å². The Kier molecular flexibility index (Phi) is 6.32. The summed E-state index contributed by atoms with van der Waals surface area (Å²) in [6.07, 6.45) is 9.29. The highest BCUT2D eigenvalue weighted by Gasteiger charge is 1.97. The molecule has 58 valence electrons. The zero-order valence-corrected chi connectivity index (χ0v) is 6.64. The van der Waals surface area contributed by atoms with Crippen molar-refractivity contribution in [3.8, 4) is 12.3 Å². The molecule has 1 atom stereocenters. The van der Waals surface area contributed by atoms with Crippen LogP contribution in [0, 0.1) is 18.3 Å². The second-order valence-corrected chi connectivity index (χ2v) is 2.74. The molecular formula is C9H16O. The van der Waals surface area contributed by atoms with Gasteiger partial charge in [-0.15, -0.1) is 12.3 Å². The fourth-order valence-electron chi connectivity index (χ4n) is 0.811. The molecule has 1 N–H and O–H groups in total. The van der Waals surface area contributed by atoms with Gasteiger partial charge in [-0.2, -0.15) is 0 Å². The van der Waals surface area contributed by atoms with E-state index in [9.17, 15) is 0 Å². The van der Waals surface area contributed by atoms with Crippen LogP contribution < -0.4 is 0 Å². The van der Waals surface area contributed by atoms with E-state index >= 15 is 0 Å². The van der Waals surface area contributed by atoms with Gasteiger partial charge < -0.3 is 5.11 Å². The van der Waals surface area contributed by atoms with Crippen LogP contribution in [-0.4, -0.2) is 11.7 Å². The Morgan fingerprint density at radius 2 is 2.20 bits per heavy atom. The zero-order valence-electron chi connectivity index (χ0n) is 6.64. The Labute approximate surface area is 63.5 Å². The molecule has 0 aromatic rings. The fourth-order valence-corrected chi connectivity index (χ4v) is 0.811. The lowest BCUT2D eigenvalue weighted by Crippen LogP contribution is -1.99. The normalized spacial score (nSPS) is 12.5. The van der Waals surface area contributed by atoms with Crippen molar-refractivity contribution in [3.05, 3.63) is 0 Å². The van der Waals surface area contributed by atoms with Crippen molar-refractivity contribution >= 4 is 0 Å². The van der Waals surface area contributed by atoms with Gasteiger partial charge in [-0.05, 0) is 18.8 Å². The van der Waals surface area contributed by atoms with Crippen LogP contribution in [0.2, 0.25) is 0 Å². The highest BCUT2D eigenvalue weighted by atomic mass is 16.3. The summed E-state index contributed by atoms with van der Waals surface area (Å²) in [5.74, 6) is 3.04. The second kappa shape index (κ2) is 6.64. The fraction of sp³-hybridized carbons (Fsp3) is 0.778. The van der Waals surface area contributed by atoms with Crippen LogP contribution in [0.1, 0.15) is 32.6 Å². The molecule has 0 aliphatic heterocycles. The van der Waals surface area contributed by atoms with Gasteiger partial charge in [-0.1, -0.05) is 13.3 Å². The summed E-state index contributed by atoms with van der Waals surface area (Å²) in [7, 11) is 0. The molecule has 1 nitrogen and oxygen atoms in total. The Morgan fingerprint density at radius 1 is 1.50 bits per heavy atom. The van der Waals surface area contributed by atoms with Crippen molar-refractivity contribution in [3.63, 3.8) is 0 Å². The first-order valence-corrected chi connectivity index (χ1v) is 3.85. The summed E-state index contributed by atoms with van der Waals surface area (Å²) >= 11 is 0. The van der Waals surface area contributed by atoms with Crippen molar-refractivity contribution in [1.82, 2.24) is 0 Å². The second-order valence-electron chi connectivity index (χ2n) is 2.74. The number of terminal acetylenes is 1. The number of hydrogen-bond donors (Lipinski definition) is 1. The van der Waals surface area contributed by atoms with Crippen LogP contribution in [0.3, 0.4) is 0 Å². The number of aliphatic hydroxyl groups excluding tert-OH is 1. The molecule has 0 saturated heterocycles. The molecular weight excluding hydrogens is 124 g/mol. The molecule has 1 unspecified atom stereocenters. The van der Waals surface area contributed by atoms with E-state index in [0.29, 0.717) is 12.5 Å². The van der Waals surface area contributed by atoms with Crippen molar-refractivity contribution in [2.45, 2.75) is 32.6 Å². The molecule has 0 aromatic carbocycles. The third-order valence-electron chi connectivity index (χ3n) is 1.58. The van der Waals surface area contributed by atoms with Gasteiger partial charge in [0, 0.05) is 13.0 Å². The highest BCUT2D eigenvalue weighted by Crippen LogP contribution is 2.07. The maximum atomic E-state index is 8.65. The summed E-state index contributed by atoms with van der Waals surface area (Å²) in [6.45, 7) is 2.35. The van der Waals surface area contributed by atoms with Crippen molar-refractivity contribution in [2.75, 3.05) is 6.61 Å². The summed E-state index contributed by atoms with van der Waals surface area (Å²) in [6, 6.07) is 0. The number of rotatable bonds is 5. The molecule has 10 heavy (non-hydrogen) atoms. The molecule has 0 rings (SSSR count). The third kappa shape index (κ3) is 5.65. The molecule has 1 heteroatoms. The summed E-state index contributed by atoms with van der Waals surface area (Å²) < 4.78 is 0. The van der Waals surface area contributed by atoms with Crippen LogP contribution in [-0.2, 0) is 0 Å². The topological polar surface area (TPSA) is 20.2 Å². The van der Waals surface area contributed by atoms with Gasteiger partial charge in [-0.3, -0.25) is 0 Å². The van der Waals surface area contributed by atoms with E-state index in [1.54, 1.807) is 0 Å². The first kappa shape index (κ1) is 9.52. The molecule has 0 saturated carbocycles. The van der Waals surface area contributed by atoms with Gasteiger partial charge in [0.2, 0.25) is 0 Å². The molecule has 0 amide bonds. The average Bonchev–Trinajstić information content (AvgIpc) is 1.98. The maximum absolute atomic E-state index is 8.65. The largest absolute Gasteiger partial charge is 0.396 e. The van der Waals surface area contributed by atoms with Crippen molar-refractivity contribution in [2.24, 2.45) is 5.92 Å². The van der Waals surface area contributed by atoms with Crippen molar-refractivity contribution < 1.29 is 5.11 Å². The molecule has 0 spiro atoms. The van der Waals surface area contributed by atoms with E-state index in [2.05, 4.69) is 12.8 Å².